The lowest BCUT2D eigenvalue weighted by atomic mass is 9.99. The Kier molecular flexibility index (Phi) is 69.3. The quantitative estimate of drug-likeness (QED) is 0.0222. The van der Waals surface area contributed by atoms with Gasteiger partial charge in [0.1, 0.15) is 19.3 Å². The highest BCUT2D eigenvalue weighted by atomic mass is 31.2. The second-order valence-electron chi connectivity index (χ2n) is 29.2. The number of ether oxygens (including phenoxy) is 4. The van der Waals surface area contributed by atoms with Crippen LogP contribution in [0.15, 0.2) is 0 Å². The molecule has 0 aliphatic rings. The molecule has 0 saturated heterocycles. The van der Waals surface area contributed by atoms with Crippen LogP contribution in [0.3, 0.4) is 0 Å². The van der Waals surface area contributed by atoms with Crippen LogP contribution in [0.5, 0.6) is 0 Å². The average Bonchev–Trinajstić information content (AvgIpc) is 0.976. The first-order valence-electron chi connectivity index (χ1n) is 41.0. The highest BCUT2D eigenvalue weighted by Crippen LogP contribution is 2.45. The van der Waals surface area contributed by atoms with Gasteiger partial charge >= 0.3 is 39.5 Å². The normalized spacial score (nSPS) is 14.2. The van der Waals surface area contributed by atoms with Gasteiger partial charge < -0.3 is 33.8 Å². The standard InChI is InChI=1S/C79H154O17P2/c1-7-10-12-14-16-18-20-28-33-36-43-49-55-61-76(81)89-67-74(95-79(84)64-58-52-46-38-34-30-27-25-23-22-24-26-29-31-35-42-48-54-60-72(6)9-3)69-93-97(85,86)91-65-73(80)66-92-98(87,88)94-70-75(68-90-77(82)62-56-50-44-40-39-41-47-53-59-71(4)5)96-78(83)63-57-51-45-37-32-21-19-17-15-13-11-8-2/h71-75,80H,7-70H2,1-6H3,(H,85,86)(H,87,88)/t72?,73-,74-,75-/m1/s1. The van der Waals surface area contributed by atoms with Crippen LogP contribution in [0.2, 0.25) is 0 Å². The number of carbonyl (C=O) groups excluding carboxylic acids is 4. The lowest BCUT2D eigenvalue weighted by molar-refractivity contribution is -0.161. The minimum Gasteiger partial charge on any atom is -0.462 e. The van der Waals surface area contributed by atoms with Crippen molar-refractivity contribution in [2.45, 2.75) is 432 Å². The number of unbranched alkanes of at least 4 members (excludes halogenated alkanes) is 47. The summed E-state index contributed by atoms with van der Waals surface area (Å²) in [7, 11) is -9.91. The molecule has 17 nitrogen and oxygen atoms in total. The fourth-order valence-electron chi connectivity index (χ4n) is 12.2. The van der Waals surface area contributed by atoms with Crippen LogP contribution in [-0.2, 0) is 65.4 Å². The van der Waals surface area contributed by atoms with Crippen LogP contribution in [0.1, 0.15) is 414 Å². The smallest absolute Gasteiger partial charge is 0.462 e. The van der Waals surface area contributed by atoms with E-state index >= 15 is 0 Å². The predicted molar refractivity (Wildman–Crippen MR) is 400 cm³/mol. The van der Waals surface area contributed by atoms with Crippen molar-refractivity contribution in [1.82, 2.24) is 0 Å². The molecule has 582 valence electrons. The summed E-state index contributed by atoms with van der Waals surface area (Å²) < 4.78 is 68.6. The molecule has 19 heteroatoms. The van der Waals surface area contributed by atoms with E-state index < -0.39 is 97.5 Å². The molecule has 0 rings (SSSR count). The number of rotatable bonds is 78. The number of aliphatic hydroxyl groups excluding tert-OH is 1. The Labute approximate surface area is 600 Å². The third kappa shape index (κ3) is 71.1. The van der Waals surface area contributed by atoms with Gasteiger partial charge in [-0.15, -0.1) is 0 Å². The van der Waals surface area contributed by atoms with Crippen molar-refractivity contribution in [3.8, 4) is 0 Å². The molecule has 98 heavy (non-hydrogen) atoms. The first kappa shape index (κ1) is 96.1. The zero-order chi connectivity index (χ0) is 72.1. The summed E-state index contributed by atoms with van der Waals surface area (Å²) in [5.74, 6) is -0.513. The van der Waals surface area contributed by atoms with Gasteiger partial charge in [0.2, 0.25) is 0 Å². The molecule has 0 fully saturated rings. The van der Waals surface area contributed by atoms with E-state index in [4.69, 9.17) is 37.0 Å². The lowest BCUT2D eigenvalue weighted by Crippen LogP contribution is -2.30. The van der Waals surface area contributed by atoms with E-state index in [2.05, 4.69) is 41.5 Å². The Balaban J connectivity index is 5.20. The summed E-state index contributed by atoms with van der Waals surface area (Å²) in [6.07, 6.45) is 59.6. The van der Waals surface area contributed by atoms with Crippen LogP contribution < -0.4 is 0 Å². The van der Waals surface area contributed by atoms with Gasteiger partial charge in [-0.2, -0.15) is 0 Å². The Bertz CT molecular complexity index is 1890. The molecule has 0 amide bonds. The predicted octanol–water partition coefficient (Wildman–Crippen LogP) is 23.5. The maximum atomic E-state index is 13.1. The van der Waals surface area contributed by atoms with Gasteiger partial charge in [0, 0.05) is 25.7 Å². The molecular weight excluding hydrogens is 1280 g/mol. The van der Waals surface area contributed by atoms with E-state index in [-0.39, 0.29) is 25.7 Å². The summed E-state index contributed by atoms with van der Waals surface area (Å²) in [4.78, 5) is 72.9. The van der Waals surface area contributed by atoms with Crippen LogP contribution in [0, 0.1) is 11.8 Å². The largest absolute Gasteiger partial charge is 0.472 e. The van der Waals surface area contributed by atoms with Crippen molar-refractivity contribution in [3.05, 3.63) is 0 Å². The van der Waals surface area contributed by atoms with Crippen molar-refractivity contribution in [2.24, 2.45) is 11.8 Å². The molecule has 0 aromatic carbocycles. The molecule has 0 saturated carbocycles. The highest BCUT2D eigenvalue weighted by Gasteiger charge is 2.30. The third-order valence-corrected chi connectivity index (χ3v) is 20.7. The monoisotopic (exact) mass is 1440 g/mol. The van der Waals surface area contributed by atoms with E-state index in [1.54, 1.807) is 0 Å². The molecule has 0 radical (unpaired) electrons. The molecule has 0 aliphatic heterocycles. The van der Waals surface area contributed by atoms with Crippen molar-refractivity contribution in [2.75, 3.05) is 39.6 Å². The van der Waals surface area contributed by atoms with Crippen LogP contribution >= 0.6 is 15.6 Å². The fourth-order valence-corrected chi connectivity index (χ4v) is 13.7. The SMILES string of the molecule is CCCCCCCCCCCCCCCC(=O)OC[C@H](COP(=O)(O)OC[C@@H](O)COP(=O)(O)OC[C@@H](COC(=O)CCCCCCCCCCC(C)C)OC(=O)CCCCCCCCCCCCCC)OC(=O)CCCCCCCCCCCCCCCCCCCCC(C)CC. The maximum absolute atomic E-state index is 13.1. The molecular formula is C79H154O17P2. The second-order valence-corrected chi connectivity index (χ2v) is 32.1. The number of phosphoric ester groups is 2. The van der Waals surface area contributed by atoms with Crippen molar-refractivity contribution < 1.29 is 80.2 Å². The molecule has 0 aromatic rings. The fraction of sp³-hybridized carbons (Fsp3) is 0.949. The van der Waals surface area contributed by atoms with Crippen molar-refractivity contribution >= 4 is 39.5 Å². The van der Waals surface area contributed by atoms with Gasteiger partial charge in [0.25, 0.3) is 0 Å². The maximum Gasteiger partial charge on any atom is 0.472 e. The summed E-state index contributed by atoms with van der Waals surface area (Å²) in [5, 5.41) is 10.6. The van der Waals surface area contributed by atoms with Crippen LogP contribution in [0.25, 0.3) is 0 Å². The number of hydrogen-bond donors (Lipinski definition) is 3. The molecule has 0 spiro atoms. The molecule has 0 heterocycles. The summed E-state index contributed by atoms with van der Waals surface area (Å²) in [5.41, 5.74) is 0. The Morgan fingerprint density at radius 2 is 0.520 bits per heavy atom. The first-order chi connectivity index (χ1) is 47.4. The van der Waals surface area contributed by atoms with Crippen molar-refractivity contribution in [1.29, 1.82) is 0 Å². The van der Waals surface area contributed by atoms with Gasteiger partial charge in [0.15, 0.2) is 12.2 Å². The Hall–Kier alpha value is -1.94. The van der Waals surface area contributed by atoms with Crippen LogP contribution in [0.4, 0.5) is 0 Å². The van der Waals surface area contributed by atoms with E-state index in [0.717, 1.165) is 102 Å². The zero-order valence-electron chi connectivity index (χ0n) is 64.1. The van der Waals surface area contributed by atoms with Gasteiger partial charge in [0.05, 0.1) is 26.4 Å². The van der Waals surface area contributed by atoms with Crippen LogP contribution in [-0.4, -0.2) is 96.7 Å². The molecule has 0 aliphatic carbocycles. The summed E-state index contributed by atoms with van der Waals surface area (Å²) >= 11 is 0. The minimum atomic E-state index is -4.96. The third-order valence-electron chi connectivity index (χ3n) is 18.8. The zero-order valence-corrected chi connectivity index (χ0v) is 65.9. The van der Waals surface area contributed by atoms with Gasteiger partial charge in [-0.3, -0.25) is 37.3 Å². The number of carbonyl (C=O) groups is 4. The topological polar surface area (TPSA) is 237 Å². The molecule has 3 unspecified atom stereocenters. The molecule has 0 aromatic heterocycles. The highest BCUT2D eigenvalue weighted by molar-refractivity contribution is 7.47. The molecule has 3 N–H and O–H groups in total. The molecule has 6 atom stereocenters. The second kappa shape index (κ2) is 70.7. The van der Waals surface area contributed by atoms with Gasteiger partial charge in [-0.25, -0.2) is 9.13 Å². The van der Waals surface area contributed by atoms with E-state index in [1.807, 2.05) is 0 Å². The number of esters is 4. The van der Waals surface area contributed by atoms with E-state index in [0.29, 0.717) is 25.7 Å². The number of phosphoric acid groups is 2. The van der Waals surface area contributed by atoms with E-state index in [9.17, 15) is 43.2 Å². The Morgan fingerprint density at radius 3 is 0.776 bits per heavy atom. The number of aliphatic hydroxyl groups is 1. The number of hydrogen-bond acceptors (Lipinski definition) is 15. The van der Waals surface area contributed by atoms with Gasteiger partial charge in [-0.1, -0.05) is 363 Å². The van der Waals surface area contributed by atoms with Gasteiger partial charge in [-0.05, 0) is 37.5 Å². The Morgan fingerprint density at radius 1 is 0.296 bits per heavy atom. The summed E-state index contributed by atoms with van der Waals surface area (Å²) in [6.45, 7) is 9.65. The summed E-state index contributed by atoms with van der Waals surface area (Å²) in [6, 6.07) is 0. The minimum absolute atomic E-state index is 0.107. The average molecular weight is 1440 g/mol. The first-order valence-corrected chi connectivity index (χ1v) is 44.0. The lowest BCUT2D eigenvalue weighted by Gasteiger charge is -2.21. The van der Waals surface area contributed by atoms with Crippen molar-refractivity contribution in [3.63, 3.8) is 0 Å². The molecule has 0 bridgehead atoms. The van der Waals surface area contributed by atoms with E-state index in [1.165, 1.54) is 231 Å².